The Morgan fingerprint density at radius 1 is 1.28 bits per heavy atom. The lowest BCUT2D eigenvalue weighted by Gasteiger charge is -2.08. The SMILES string of the molecule is Nc1cc(Cl)ccc1NC(=O)c1cc[nH]c(=O)c1. The molecule has 2 rings (SSSR count). The number of anilines is 2. The number of rotatable bonds is 2. The molecule has 92 valence electrons. The van der Waals surface area contributed by atoms with Crippen molar-refractivity contribution in [2.24, 2.45) is 0 Å². The monoisotopic (exact) mass is 263 g/mol. The molecule has 0 radical (unpaired) electrons. The largest absolute Gasteiger partial charge is 0.397 e. The van der Waals surface area contributed by atoms with Crippen LogP contribution >= 0.6 is 11.6 Å². The molecule has 0 fully saturated rings. The number of aromatic nitrogens is 1. The van der Waals surface area contributed by atoms with Crippen molar-refractivity contribution in [1.29, 1.82) is 0 Å². The predicted molar refractivity (Wildman–Crippen MR) is 70.9 cm³/mol. The van der Waals surface area contributed by atoms with Crippen molar-refractivity contribution in [3.8, 4) is 0 Å². The van der Waals surface area contributed by atoms with Crippen LogP contribution in [0.5, 0.6) is 0 Å². The van der Waals surface area contributed by atoms with Gasteiger partial charge in [0.2, 0.25) is 5.56 Å². The van der Waals surface area contributed by atoms with Crippen LogP contribution in [-0.2, 0) is 0 Å². The molecule has 0 atom stereocenters. The van der Waals surface area contributed by atoms with E-state index in [-0.39, 0.29) is 11.1 Å². The van der Waals surface area contributed by atoms with Crippen LogP contribution in [0, 0.1) is 0 Å². The smallest absolute Gasteiger partial charge is 0.255 e. The van der Waals surface area contributed by atoms with Crippen molar-refractivity contribution in [3.63, 3.8) is 0 Å². The van der Waals surface area contributed by atoms with Crippen molar-refractivity contribution in [1.82, 2.24) is 4.98 Å². The number of halogens is 1. The van der Waals surface area contributed by atoms with E-state index in [2.05, 4.69) is 10.3 Å². The van der Waals surface area contributed by atoms with Crippen LogP contribution in [0.4, 0.5) is 11.4 Å². The highest BCUT2D eigenvalue weighted by Crippen LogP contribution is 2.22. The Morgan fingerprint density at radius 3 is 2.72 bits per heavy atom. The lowest BCUT2D eigenvalue weighted by atomic mass is 10.2. The van der Waals surface area contributed by atoms with Crippen LogP contribution in [0.1, 0.15) is 10.4 Å². The molecule has 0 saturated carbocycles. The van der Waals surface area contributed by atoms with E-state index in [0.717, 1.165) is 0 Å². The average Bonchev–Trinajstić information content (AvgIpc) is 2.32. The summed E-state index contributed by atoms with van der Waals surface area (Å²) >= 11 is 5.75. The Balaban J connectivity index is 2.24. The quantitative estimate of drug-likeness (QED) is 0.723. The topological polar surface area (TPSA) is 88.0 Å². The van der Waals surface area contributed by atoms with E-state index in [1.54, 1.807) is 12.1 Å². The maximum atomic E-state index is 11.9. The number of hydrogen-bond donors (Lipinski definition) is 3. The summed E-state index contributed by atoms with van der Waals surface area (Å²) in [6, 6.07) is 7.47. The second kappa shape index (κ2) is 4.93. The van der Waals surface area contributed by atoms with Crippen LogP contribution in [0.2, 0.25) is 5.02 Å². The normalized spacial score (nSPS) is 10.1. The van der Waals surface area contributed by atoms with Gasteiger partial charge in [-0.25, -0.2) is 0 Å². The molecule has 0 unspecified atom stereocenters. The van der Waals surface area contributed by atoms with Crippen LogP contribution < -0.4 is 16.6 Å². The molecule has 2 aromatic rings. The van der Waals surface area contributed by atoms with Gasteiger partial charge in [-0.3, -0.25) is 9.59 Å². The summed E-state index contributed by atoms with van der Waals surface area (Å²) in [6.07, 6.45) is 1.41. The van der Waals surface area contributed by atoms with Gasteiger partial charge in [-0.05, 0) is 24.3 Å². The number of nitrogens with two attached hydrogens (primary N) is 1. The number of carbonyl (C=O) groups excluding carboxylic acids is 1. The standard InChI is InChI=1S/C12H10ClN3O2/c13-8-1-2-10(9(14)6-8)16-12(18)7-3-4-15-11(17)5-7/h1-6H,14H2,(H,15,17)(H,16,18). The summed E-state index contributed by atoms with van der Waals surface area (Å²) in [4.78, 5) is 25.4. The first-order valence-corrected chi connectivity index (χ1v) is 5.49. The summed E-state index contributed by atoms with van der Waals surface area (Å²) in [7, 11) is 0. The molecule has 18 heavy (non-hydrogen) atoms. The Hall–Kier alpha value is -2.27. The third-order valence-electron chi connectivity index (χ3n) is 2.30. The number of H-pyrrole nitrogens is 1. The second-order valence-electron chi connectivity index (χ2n) is 3.63. The molecule has 0 aliphatic heterocycles. The Kier molecular flexibility index (Phi) is 3.34. The summed E-state index contributed by atoms with van der Waals surface area (Å²) in [5.74, 6) is -0.407. The van der Waals surface area contributed by atoms with Gasteiger partial charge in [0.1, 0.15) is 0 Å². The molecular formula is C12H10ClN3O2. The first kappa shape index (κ1) is 12.2. The van der Waals surface area contributed by atoms with Gasteiger partial charge in [-0.15, -0.1) is 0 Å². The minimum absolute atomic E-state index is 0.258. The molecule has 0 saturated heterocycles. The summed E-state index contributed by atoms with van der Waals surface area (Å²) in [5, 5.41) is 3.09. The average molecular weight is 264 g/mol. The molecule has 0 bridgehead atoms. The lowest BCUT2D eigenvalue weighted by Crippen LogP contribution is -2.16. The zero-order valence-corrected chi connectivity index (χ0v) is 9.99. The van der Waals surface area contributed by atoms with Gasteiger partial charge in [-0.1, -0.05) is 11.6 Å². The minimum Gasteiger partial charge on any atom is -0.397 e. The number of hydrogen-bond acceptors (Lipinski definition) is 3. The maximum absolute atomic E-state index is 11.9. The first-order chi connectivity index (χ1) is 8.56. The van der Waals surface area contributed by atoms with E-state index >= 15 is 0 Å². The van der Waals surface area contributed by atoms with Gasteiger partial charge in [0.25, 0.3) is 5.91 Å². The molecule has 0 aliphatic rings. The van der Waals surface area contributed by atoms with Gasteiger partial charge >= 0.3 is 0 Å². The summed E-state index contributed by atoms with van der Waals surface area (Å²) < 4.78 is 0. The molecule has 1 amide bonds. The molecular weight excluding hydrogens is 254 g/mol. The molecule has 5 nitrogen and oxygen atoms in total. The lowest BCUT2D eigenvalue weighted by molar-refractivity contribution is 0.102. The number of nitrogen functional groups attached to an aromatic ring is 1. The Labute approximate surface area is 108 Å². The number of benzene rings is 1. The molecule has 4 N–H and O–H groups in total. The Bertz CT molecular complexity index is 652. The fourth-order valence-electron chi connectivity index (χ4n) is 1.43. The van der Waals surface area contributed by atoms with E-state index in [1.807, 2.05) is 0 Å². The molecule has 1 aromatic carbocycles. The Morgan fingerprint density at radius 2 is 2.06 bits per heavy atom. The minimum atomic E-state index is -0.407. The number of carbonyl (C=O) groups is 1. The molecule has 1 heterocycles. The highest BCUT2D eigenvalue weighted by atomic mass is 35.5. The molecule has 6 heteroatoms. The van der Waals surface area contributed by atoms with E-state index in [0.29, 0.717) is 16.4 Å². The third kappa shape index (κ3) is 2.70. The van der Waals surface area contributed by atoms with E-state index in [9.17, 15) is 9.59 Å². The van der Waals surface area contributed by atoms with Gasteiger partial charge < -0.3 is 16.0 Å². The van der Waals surface area contributed by atoms with Crippen molar-refractivity contribution < 1.29 is 4.79 Å². The van der Waals surface area contributed by atoms with Gasteiger partial charge in [0, 0.05) is 22.8 Å². The number of aromatic amines is 1. The van der Waals surface area contributed by atoms with E-state index in [1.165, 1.54) is 24.4 Å². The number of pyridine rings is 1. The van der Waals surface area contributed by atoms with Gasteiger partial charge in [0.15, 0.2) is 0 Å². The fourth-order valence-corrected chi connectivity index (χ4v) is 1.61. The molecule has 0 aliphatic carbocycles. The van der Waals surface area contributed by atoms with E-state index < -0.39 is 5.91 Å². The van der Waals surface area contributed by atoms with Crippen molar-refractivity contribution in [2.45, 2.75) is 0 Å². The first-order valence-electron chi connectivity index (χ1n) is 5.11. The van der Waals surface area contributed by atoms with Crippen LogP contribution in [0.25, 0.3) is 0 Å². The third-order valence-corrected chi connectivity index (χ3v) is 2.53. The van der Waals surface area contributed by atoms with Crippen molar-refractivity contribution >= 4 is 28.9 Å². The van der Waals surface area contributed by atoms with Crippen LogP contribution in [0.3, 0.4) is 0 Å². The summed E-state index contributed by atoms with van der Waals surface area (Å²) in [5.41, 5.74) is 6.44. The summed E-state index contributed by atoms with van der Waals surface area (Å²) in [6.45, 7) is 0. The number of nitrogens with one attached hydrogen (secondary N) is 2. The van der Waals surface area contributed by atoms with Crippen molar-refractivity contribution in [2.75, 3.05) is 11.1 Å². The van der Waals surface area contributed by atoms with Crippen molar-refractivity contribution in [3.05, 3.63) is 57.5 Å². The van der Waals surface area contributed by atoms with Gasteiger partial charge in [-0.2, -0.15) is 0 Å². The maximum Gasteiger partial charge on any atom is 0.255 e. The zero-order chi connectivity index (χ0) is 13.1. The zero-order valence-electron chi connectivity index (χ0n) is 9.24. The molecule has 0 spiro atoms. The second-order valence-corrected chi connectivity index (χ2v) is 4.06. The van der Waals surface area contributed by atoms with E-state index in [4.69, 9.17) is 17.3 Å². The highest BCUT2D eigenvalue weighted by molar-refractivity contribution is 6.31. The molecule has 1 aromatic heterocycles. The number of amides is 1. The van der Waals surface area contributed by atoms with Crippen LogP contribution in [0.15, 0.2) is 41.3 Å². The van der Waals surface area contributed by atoms with Gasteiger partial charge in [0.05, 0.1) is 11.4 Å². The van der Waals surface area contributed by atoms with Crippen LogP contribution in [-0.4, -0.2) is 10.9 Å². The highest BCUT2D eigenvalue weighted by Gasteiger charge is 2.08. The predicted octanol–water partition coefficient (Wildman–Crippen LogP) is 1.86. The fraction of sp³-hybridized carbons (Fsp3) is 0.